The number of aromatic nitrogens is 3. The van der Waals surface area contributed by atoms with Crippen LogP contribution < -0.4 is 0 Å². The first-order chi connectivity index (χ1) is 10.1. The largest absolute Gasteiger partial charge is 0.500 e. The molecule has 0 atom stereocenters. The molecule has 0 spiro atoms. The van der Waals surface area contributed by atoms with E-state index in [0.29, 0.717) is 5.69 Å². The van der Waals surface area contributed by atoms with Crippen LogP contribution in [0.25, 0.3) is 21.7 Å². The van der Waals surface area contributed by atoms with Gasteiger partial charge in [-0.25, -0.2) is 0 Å². The van der Waals surface area contributed by atoms with Crippen molar-refractivity contribution >= 4 is 22.4 Å². The molecule has 0 bridgehead atoms. The maximum absolute atomic E-state index is 11.1. The third-order valence-corrected chi connectivity index (χ3v) is 2.89. The molecule has 0 fully saturated rings. The molecule has 0 saturated carbocycles. The number of nitro groups is 1. The Labute approximate surface area is 116 Å². The molecule has 0 aliphatic rings. The van der Waals surface area contributed by atoms with Crippen molar-refractivity contribution in [2.75, 3.05) is 0 Å². The van der Waals surface area contributed by atoms with Gasteiger partial charge in [0.2, 0.25) is 11.1 Å². The Hall–Kier alpha value is -3.54. The Morgan fingerprint density at radius 1 is 1.24 bits per heavy atom. The molecule has 102 valence electrons. The highest BCUT2D eigenvalue weighted by Crippen LogP contribution is 2.38. The van der Waals surface area contributed by atoms with E-state index >= 15 is 0 Å². The molecule has 0 radical (unpaired) electrons. The highest BCUT2D eigenvalue weighted by Gasteiger charge is 2.29. The van der Waals surface area contributed by atoms with Gasteiger partial charge in [-0.2, -0.15) is 4.80 Å². The summed E-state index contributed by atoms with van der Waals surface area (Å²) in [5, 5.41) is 37.8. The summed E-state index contributed by atoms with van der Waals surface area (Å²) in [7, 11) is 0. The van der Waals surface area contributed by atoms with Gasteiger partial charge in [0, 0.05) is 0 Å². The fourth-order valence-corrected chi connectivity index (χ4v) is 1.92. The summed E-state index contributed by atoms with van der Waals surface area (Å²) in [6, 6.07) is 9.66. The molecule has 0 aliphatic carbocycles. The first-order valence-electron chi connectivity index (χ1n) is 5.79. The number of phenolic OH excluding ortho intramolecular Hbond substituents is 1. The Kier molecular flexibility index (Phi) is 2.70. The van der Waals surface area contributed by atoms with Gasteiger partial charge in [0.05, 0.1) is 10.6 Å². The van der Waals surface area contributed by atoms with Crippen LogP contribution in [-0.2, 0) is 0 Å². The minimum absolute atomic E-state index is 0.0891. The lowest BCUT2D eigenvalue weighted by molar-refractivity contribution is -0.383. The summed E-state index contributed by atoms with van der Waals surface area (Å²) in [5.41, 5.74) is -0.369. The lowest BCUT2D eigenvalue weighted by Gasteiger charge is -1.96. The van der Waals surface area contributed by atoms with E-state index in [4.69, 9.17) is 5.39 Å². The average molecular weight is 283 g/mol. The summed E-state index contributed by atoms with van der Waals surface area (Å²) in [4.78, 5) is 14.4. The summed E-state index contributed by atoms with van der Waals surface area (Å²) in [5.74, 6) is -0.472. The minimum atomic E-state index is -0.680. The monoisotopic (exact) mass is 283 g/mol. The van der Waals surface area contributed by atoms with E-state index in [1.165, 1.54) is 4.80 Å². The third-order valence-electron chi connectivity index (χ3n) is 2.89. The van der Waals surface area contributed by atoms with Crippen LogP contribution in [0.1, 0.15) is 0 Å². The number of para-hydroxylation sites is 1. The van der Waals surface area contributed by atoms with Gasteiger partial charge in [0.1, 0.15) is 6.07 Å². The van der Waals surface area contributed by atoms with Crippen molar-refractivity contribution < 1.29 is 10.0 Å². The SMILES string of the molecule is N#[N+]c1cc([N+](=O)[O-])c2nn(-c3ccccc3)nc2c1O. The molecule has 0 amide bonds. The number of nitro benzene ring substituents is 1. The number of non-ortho nitro benzene ring substituents is 1. The van der Waals surface area contributed by atoms with Gasteiger partial charge in [-0.3, -0.25) is 10.1 Å². The van der Waals surface area contributed by atoms with Crippen molar-refractivity contribution in [1.82, 2.24) is 15.0 Å². The van der Waals surface area contributed by atoms with E-state index in [9.17, 15) is 15.2 Å². The molecule has 2 aromatic carbocycles. The quantitative estimate of drug-likeness (QED) is 0.438. The highest BCUT2D eigenvalue weighted by molar-refractivity contribution is 5.94. The molecule has 1 heterocycles. The van der Waals surface area contributed by atoms with Crippen LogP contribution in [0.4, 0.5) is 11.4 Å². The summed E-state index contributed by atoms with van der Waals surface area (Å²) in [6.07, 6.45) is 0. The molecule has 9 heteroatoms. The zero-order valence-electron chi connectivity index (χ0n) is 10.4. The third kappa shape index (κ3) is 1.91. The van der Waals surface area contributed by atoms with Crippen molar-refractivity contribution in [1.29, 1.82) is 5.39 Å². The average Bonchev–Trinajstić information content (AvgIpc) is 2.94. The number of benzene rings is 2. The molecule has 1 aromatic heterocycles. The fraction of sp³-hybridized carbons (Fsp3) is 0. The van der Waals surface area contributed by atoms with Crippen molar-refractivity contribution in [3.05, 3.63) is 51.5 Å². The predicted octanol–water partition coefficient (Wildman–Crippen LogP) is 2.52. The number of phenols is 1. The lowest BCUT2D eigenvalue weighted by Crippen LogP contribution is -1.97. The maximum Gasteiger partial charge on any atom is 0.435 e. The molecule has 0 unspecified atom stereocenters. The van der Waals surface area contributed by atoms with Crippen LogP contribution in [0.15, 0.2) is 36.4 Å². The summed E-state index contributed by atoms with van der Waals surface area (Å²) >= 11 is 0. The second kappa shape index (κ2) is 4.53. The smallest absolute Gasteiger partial charge is 0.435 e. The normalized spacial score (nSPS) is 10.4. The number of hydrogen-bond donors (Lipinski definition) is 1. The number of aromatic hydroxyl groups is 1. The Balaban J connectivity index is 2.35. The molecular formula is C12H7N6O3+. The van der Waals surface area contributed by atoms with Gasteiger partial charge in [0.25, 0.3) is 0 Å². The maximum atomic E-state index is 11.1. The van der Waals surface area contributed by atoms with Crippen LogP contribution >= 0.6 is 0 Å². The van der Waals surface area contributed by atoms with E-state index < -0.39 is 16.4 Å². The lowest BCUT2D eigenvalue weighted by atomic mass is 10.2. The molecular weight excluding hydrogens is 276 g/mol. The number of rotatable bonds is 2. The fourth-order valence-electron chi connectivity index (χ4n) is 1.92. The van der Waals surface area contributed by atoms with E-state index in [1.54, 1.807) is 30.3 Å². The van der Waals surface area contributed by atoms with E-state index in [0.717, 1.165) is 6.07 Å². The van der Waals surface area contributed by atoms with Crippen LogP contribution in [-0.4, -0.2) is 25.0 Å². The second-order valence-electron chi connectivity index (χ2n) is 4.14. The number of fused-ring (bicyclic) bond motifs is 1. The minimum Gasteiger partial charge on any atom is -0.500 e. The summed E-state index contributed by atoms with van der Waals surface area (Å²) < 4.78 is 0. The summed E-state index contributed by atoms with van der Waals surface area (Å²) in [6.45, 7) is 0. The number of diazo groups is 1. The van der Waals surface area contributed by atoms with E-state index in [-0.39, 0.29) is 16.7 Å². The van der Waals surface area contributed by atoms with Crippen LogP contribution in [0.2, 0.25) is 0 Å². The second-order valence-corrected chi connectivity index (χ2v) is 4.14. The van der Waals surface area contributed by atoms with Crippen molar-refractivity contribution in [3.63, 3.8) is 0 Å². The van der Waals surface area contributed by atoms with Crippen molar-refractivity contribution in [2.24, 2.45) is 0 Å². The van der Waals surface area contributed by atoms with Crippen LogP contribution in [0.3, 0.4) is 0 Å². The Bertz CT molecular complexity index is 897. The van der Waals surface area contributed by atoms with Crippen molar-refractivity contribution in [2.45, 2.75) is 0 Å². The predicted molar refractivity (Wildman–Crippen MR) is 71.9 cm³/mol. The number of hydrogen-bond acceptors (Lipinski definition) is 6. The molecule has 0 saturated heterocycles. The van der Waals surface area contributed by atoms with Gasteiger partial charge < -0.3 is 5.11 Å². The molecule has 9 nitrogen and oxygen atoms in total. The first-order valence-corrected chi connectivity index (χ1v) is 5.79. The highest BCUT2D eigenvalue weighted by atomic mass is 16.6. The van der Waals surface area contributed by atoms with Gasteiger partial charge in [-0.15, -0.1) is 10.2 Å². The Morgan fingerprint density at radius 2 is 1.90 bits per heavy atom. The van der Waals surface area contributed by atoms with E-state index in [1.807, 2.05) is 0 Å². The van der Waals surface area contributed by atoms with Crippen LogP contribution in [0, 0.1) is 15.5 Å². The molecule has 3 aromatic rings. The molecule has 1 N–H and O–H groups in total. The van der Waals surface area contributed by atoms with Crippen LogP contribution in [0.5, 0.6) is 5.75 Å². The van der Waals surface area contributed by atoms with Gasteiger partial charge in [-0.1, -0.05) is 18.2 Å². The molecule has 0 aliphatic heterocycles. The standard InChI is InChI=1S/C12H6N6O3/c13-14-8-6-9(18(20)21)10-11(12(8)19)16-17(15-10)7-4-2-1-3-5-7/h1-6H/p+1. The zero-order valence-corrected chi connectivity index (χ0v) is 10.4. The first kappa shape index (κ1) is 12.5. The van der Waals surface area contributed by atoms with E-state index in [2.05, 4.69) is 15.2 Å². The molecule has 3 rings (SSSR count). The topological polar surface area (TPSA) is 122 Å². The van der Waals surface area contributed by atoms with Gasteiger partial charge in [-0.05, 0) is 12.1 Å². The van der Waals surface area contributed by atoms with Crippen molar-refractivity contribution in [3.8, 4) is 11.4 Å². The Morgan fingerprint density at radius 3 is 2.52 bits per heavy atom. The van der Waals surface area contributed by atoms with Gasteiger partial charge in [0.15, 0.2) is 16.0 Å². The number of nitrogens with zero attached hydrogens (tertiary/aromatic N) is 6. The molecule has 21 heavy (non-hydrogen) atoms. The van der Waals surface area contributed by atoms with Gasteiger partial charge >= 0.3 is 11.4 Å². The zero-order chi connectivity index (χ0) is 15.0.